The number of ketones is 8. The lowest BCUT2D eigenvalue weighted by Crippen LogP contribution is -2.62. The van der Waals surface area contributed by atoms with Crippen LogP contribution in [0, 0.1) is 19.8 Å². The molecule has 9 N–H and O–H groups in total. The Morgan fingerprint density at radius 1 is 0.289 bits per heavy atom. The molecule has 2 unspecified atom stereocenters. The van der Waals surface area contributed by atoms with Crippen LogP contribution in [0.1, 0.15) is 310 Å². The average Bonchev–Trinajstić information content (AvgIpc) is 0.972. The van der Waals surface area contributed by atoms with E-state index in [9.17, 15) is 91.0 Å². The maximum Gasteiger partial charge on any atom is 0.416 e. The van der Waals surface area contributed by atoms with Crippen molar-refractivity contribution in [1.29, 1.82) is 0 Å². The number of nitrogens with zero attached hydrogens (tertiary/aromatic N) is 2. The number of likely N-dealkylation sites (tertiary alicyclic amines) is 2. The van der Waals surface area contributed by atoms with E-state index in [1.54, 1.807) is 20.2 Å². The van der Waals surface area contributed by atoms with E-state index in [0.717, 1.165) is 219 Å². The van der Waals surface area contributed by atoms with Crippen molar-refractivity contribution in [3.8, 4) is 0 Å². The van der Waals surface area contributed by atoms with Crippen LogP contribution in [0.5, 0.6) is 0 Å². The fourth-order valence-electron chi connectivity index (χ4n) is 22.6. The highest BCUT2D eigenvalue weighted by molar-refractivity contribution is 5.95. The minimum atomic E-state index is -4.41. The van der Waals surface area contributed by atoms with Gasteiger partial charge in [0.25, 0.3) is 0 Å². The molecule has 2 saturated heterocycles. The van der Waals surface area contributed by atoms with Crippen molar-refractivity contribution in [3.05, 3.63) is 284 Å². The SMILES string of the molecule is CC1CCN([C@]2(c3ccccc3)CCCCC2=O)C1.CC1CCN1[C@]1(c2ccccc2)CCCCC1=O.CN[C@]1(c2ccc(C(F)(F)F)cc2)CCCCC1=O.CN[C@]1(c2cccc(C(F)(F)F)c2)CCCCC1=O.CN[C@]1(c2ccccc2C)CCCCC1=O.Cc1ccccc1[C@@]1(N)CCCCC1=O.N[C@]1(c2ccc(C(F)(F)F)cc2)CCCCC1=O.N[C@]1(c2cccc(C(F)(F)F)c2)CCCCC1=O. The van der Waals surface area contributed by atoms with Crippen LogP contribution < -0.4 is 33.2 Å². The summed E-state index contributed by atoms with van der Waals surface area (Å²) < 4.78 is 151. The molecule has 28 heteroatoms. The number of halogens is 12. The van der Waals surface area contributed by atoms with Crippen molar-refractivity contribution in [2.75, 3.05) is 40.8 Å². The summed E-state index contributed by atoms with van der Waals surface area (Å²) in [5, 5.41) is 9.23. The Morgan fingerprint density at radius 3 is 0.979 bits per heavy atom. The Labute approximate surface area is 827 Å². The summed E-state index contributed by atoms with van der Waals surface area (Å²) in [7, 11) is 5.21. The summed E-state index contributed by atoms with van der Waals surface area (Å²) in [4.78, 5) is 103. The zero-order valence-electron chi connectivity index (χ0n) is 82.9. The molecule has 2 aliphatic heterocycles. The number of carbonyl (C=O) groups excluding carboxylic acids is 8. The van der Waals surface area contributed by atoms with Crippen LogP contribution >= 0.6 is 0 Å². The molecule has 142 heavy (non-hydrogen) atoms. The third-order valence-electron chi connectivity index (χ3n) is 31.1. The van der Waals surface area contributed by atoms with Gasteiger partial charge in [-0.1, -0.05) is 216 Å². The van der Waals surface area contributed by atoms with Gasteiger partial charge in [0.05, 0.1) is 22.3 Å². The van der Waals surface area contributed by atoms with Gasteiger partial charge in [0, 0.05) is 70.5 Å². The first-order valence-electron chi connectivity index (χ1n) is 50.5. The summed E-state index contributed by atoms with van der Waals surface area (Å²) in [6, 6.07) is 56.9. The Kier molecular flexibility index (Phi) is 38.2. The number of benzene rings is 8. The third kappa shape index (κ3) is 25.5. The lowest BCUT2D eigenvalue weighted by molar-refractivity contribution is -0.143. The maximum absolute atomic E-state index is 12.8. The number of Topliss-reactive ketones (excluding diaryl/α,β-unsaturated/α-hetero) is 8. The largest absolute Gasteiger partial charge is 0.416 e. The second-order valence-electron chi connectivity index (χ2n) is 40.0. The molecular weight excluding hydrogens is 1840 g/mol. The molecule has 0 bridgehead atoms. The van der Waals surface area contributed by atoms with Crippen molar-refractivity contribution >= 4 is 46.3 Å². The van der Waals surface area contributed by atoms with Crippen LogP contribution in [0.2, 0.25) is 0 Å². The molecule has 8 saturated carbocycles. The molecule has 0 amide bonds. The molecule has 0 aromatic heterocycles. The summed E-state index contributed by atoms with van der Waals surface area (Å²) in [5.74, 6) is 1.91. The van der Waals surface area contributed by atoms with Gasteiger partial charge in [-0.2, -0.15) is 52.7 Å². The Hall–Kier alpha value is -10.0. The molecule has 8 aromatic rings. The molecule has 18 rings (SSSR count). The average molecular weight is 1980 g/mol. The third-order valence-corrected chi connectivity index (χ3v) is 31.1. The summed E-state index contributed by atoms with van der Waals surface area (Å²) in [6.07, 6.45) is 10.4. The van der Waals surface area contributed by atoms with Crippen LogP contribution in [0.15, 0.2) is 206 Å². The number of hydrogen-bond acceptors (Lipinski definition) is 16. The summed E-state index contributed by atoms with van der Waals surface area (Å²) >= 11 is 0. The van der Waals surface area contributed by atoms with Crippen molar-refractivity contribution in [2.24, 2.45) is 23.1 Å². The molecule has 8 aliphatic carbocycles. The maximum atomic E-state index is 12.8. The number of nitrogens with two attached hydrogens (primary N) is 3. The van der Waals surface area contributed by atoms with Crippen LogP contribution in [0.4, 0.5) is 52.7 Å². The Morgan fingerprint density at radius 2 is 0.613 bits per heavy atom. The normalized spacial score (nSPS) is 27.3. The van der Waals surface area contributed by atoms with E-state index in [4.69, 9.17) is 17.2 Å². The van der Waals surface area contributed by atoms with Gasteiger partial charge in [0.2, 0.25) is 0 Å². The van der Waals surface area contributed by atoms with Crippen LogP contribution in [0.3, 0.4) is 0 Å². The zero-order chi connectivity index (χ0) is 103. The number of nitrogens with one attached hydrogen (secondary N) is 3. The lowest BCUT2D eigenvalue weighted by atomic mass is 9.72. The molecule has 768 valence electrons. The van der Waals surface area contributed by atoms with E-state index < -0.39 is 80.2 Å². The van der Waals surface area contributed by atoms with Crippen molar-refractivity contribution in [2.45, 2.75) is 321 Å². The van der Waals surface area contributed by atoms with Gasteiger partial charge in [-0.3, -0.25) is 48.2 Å². The lowest BCUT2D eigenvalue weighted by Gasteiger charge is -2.53. The fraction of sp³-hybridized carbons (Fsp3) is 0.509. The number of carbonyl (C=O) groups is 8. The number of likely N-dealkylation sites (N-methyl/N-ethyl adjacent to an activating group) is 3. The summed E-state index contributed by atoms with van der Waals surface area (Å²) in [6.45, 7) is 11.9. The number of alkyl halides is 12. The Balaban J connectivity index is 0.000000155. The van der Waals surface area contributed by atoms with E-state index in [-0.39, 0.29) is 45.6 Å². The van der Waals surface area contributed by atoms with Crippen molar-refractivity contribution in [1.82, 2.24) is 25.8 Å². The second-order valence-corrected chi connectivity index (χ2v) is 40.0. The highest BCUT2D eigenvalue weighted by atomic mass is 19.4. The predicted molar refractivity (Wildman–Crippen MR) is 528 cm³/mol. The van der Waals surface area contributed by atoms with Crippen LogP contribution in [-0.2, 0) is 107 Å². The number of hydrogen-bond donors (Lipinski definition) is 6. The smallest absolute Gasteiger partial charge is 0.315 e. The number of aryl methyl sites for hydroxylation is 2. The quantitative estimate of drug-likeness (QED) is 0.0587. The molecular formula is C114H140F12N8O8. The molecule has 0 spiro atoms. The molecule has 0 radical (unpaired) electrons. The highest BCUT2D eigenvalue weighted by Gasteiger charge is 2.53. The Bertz CT molecular complexity index is 5610. The van der Waals surface area contributed by atoms with Gasteiger partial charge in [-0.25, -0.2) is 0 Å². The molecule has 16 nitrogen and oxygen atoms in total. The van der Waals surface area contributed by atoms with E-state index >= 15 is 0 Å². The fourth-order valence-corrected chi connectivity index (χ4v) is 22.6. The van der Waals surface area contributed by atoms with Gasteiger partial charge in [0.1, 0.15) is 44.3 Å². The van der Waals surface area contributed by atoms with Gasteiger partial charge in [0.15, 0.2) is 46.3 Å². The first-order valence-corrected chi connectivity index (χ1v) is 50.5. The van der Waals surface area contributed by atoms with E-state index in [1.807, 2.05) is 62.5 Å². The molecule has 8 aromatic carbocycles. The van der Waals surface area contributed by atoms with Crippen LogP contribution in [-0.4, -0.2) is 103 Å². The highest BCUT2D eigenvalue weighted by Crippen LogP contribution is 2.49. The van der Waals surface area contributed by atoms with Gasteiger partial charge in [-0.05, 0) is 274 Å². The van der Waals surface area contributed by atoms with Gasteiger partial charge in [-0.15, -0.1) is 0 Å². The first kappa shape index (κ1) is 112. The van der Waals surface area contributed by atoms with E-state index in [0.29, 0.717) is 104 Å². The predicted octanol–water partition coefficient (Wildman–Crippen LogP) is 23.9. The van der Waals surface area contributed by atoms with Crippen LogP contribution in [0.25, 0.3) is 0 Å². The van der Waals surface area contributed by atoms with Gasteiger partial charge < -0.3 is 33.2 Å². The van der Waals surface area contributed by atoms with Crippen molar-refractivity contribution < 1.29 is 91.0 Å². The minimum absolute atomic E-state index is 0.0272. The zero-order valence-corrected chi connectivity index (χ0v) is 82.9. The molecule has 10 atom stereocenters. The first-order chi connectivity index (χ1) is 67.3. The van der Waals surface area contributed by atoms with Crippen molar-refractivity contribution in [3.63, 3.8) is 0 Å². The minimum Gasteiger partial charge on any atom is -0.315 e. The van der Waals surface area contributed by atoms with Gasteiger partial charge >= 0.3 is 24.7 Å². The topological polar surface area (TPSA) is 257 Å². The molecule has 10 aliphatic rings. The van der Waals surface area contributed by atoms with E-state index in [2.05, 4.69) is 107 Å². The van der Waals surface area contributed by atoms with E-state index in [1.165, 1.54) is 84.8 Å². The number of rotatable bonds is 13. The second kappa shape index (κ2) is 48.3. The monoisotopic (exact) mass is 1980 g/mol. The molecule has 10 fully saturated rings. The standard InChI is InChI=1S/C17H23NO.C16H21NO.2C14H16F3NO.C14H19NO.2C13H14F3NO.C13H17NO/c1-14-10-12-18(13-14)17(11-6-5-9-16(17)19)15-7-3-2-4-8-15;1-13-10-12-17(13)16(11-6-5-9-15(16)18)14-7-3-2-4-8-14;1-18-13(8-3-2-7-12(13)19)10-5-4-6-11(9-10)14(15,16)17;1-18-13(9-3-2-4-12(13)19)10-5-7-11(8-6-10)14(15,16)17;1-11-7-3-4-8-12(11)14(15-2)10-6-5-9-13(14)16;14-13(15,16)10-5-3-4-9(8-10)12(17)7-2-1-6-11(12)18;14-13(15,16)10-6-4-9(5-7-10)12(17)8-2-1-3-11(12)18;1-10-6-2-3-7-11(10)13(14)9-5-4-8-12(13)15/h2-4,7-8,14H,5-6,9-13H2,1H3;2-4,7-8,13H,5-6,9-12H2,1H3;4-6,9,18H,2-3,7-8H2,1H3;5-8,18H,2-4,9H2,1H3;3-4,7-8,15H,5-6,9-10H2,1-2H3;3-5,8H,1-2,6-7,17H2;4-7H,1-3,8,17H2;2-3,6-7H,4-5,8-9,14H2,1H3/t14?,17-;13?,16-;2*13-;14-;2*12-;13-/m00000000/s1. The summed E-state index contributed by atoms with van der Waals surface area (Å²) in [5.41, 5.74) is 18.2. The molecule has 2 heterocycles.